The summed E-state index contributed by atoms with van der Waals surface area (Å²) in [6.45, 7) is 8.23. The Bertz CT molecular complexity index is 912. The Kier molecular flexibility index (Phi) is 10.5. The van der Waals surface area contributed by atoms with Crippen LogP contribution in [-0.2, 0) is 17.1 Å². The van der Waals surface area contributed by atoms with Gasteiger partial charge in [-0.3, -0.25) is 19.9 Å². The maximum Gasteiger partial charge on any atom is 1.00 e. The molecular weight excluding hydrogens is 488 g/mol. The number of pyridine rings is 4. The maximum atomic E-state index is 4.29. The van der Waals surface area contributed by atoms with Gasteiger partial charge < -0.3 is 17.0 Å². The Hall–Kier alpha value is -2.40. The molecule has 4 heterocycles. The monoisotopic (exact) mass is 510 g/mol. The van der Waals surface area contributed by atoms with Gasteiger partial charge in [0.2, 0.25) is 0 Å². The van der Waals surface area contributed by atoms with E-state index >= 15 is 0 Å². The number of aromatic nitrogens is 4. The fraction of sp³-hybridized carbons (Fsp3) is 0.167. The van der Waals surface area contributed by atoms with E-state index in [0.29, 0.717) is 0 Å². The Morgan fingerprint density at radius 3 is 0.800 bits per heavy atom. The fourth-order valence-electron chi connectivity index (χ4n) is 2.70. The summed E-state index contributed by atoms with van der Waals surface area (Å²) in [6.07, 6.45) is 7.26. The van der Waals surface area contributed by atoms with Crippen molar-refractivity contribution in [2.24, 2.45) is 0 Å². The summed E-state index contributed by atoms with van der Waals surface area (Å²) in [5.41, 5.74) is 8.58. The molecule has 0 atom stereocenters. The normalized spacial score (nSPS) is 9.47. The minimum atomic E-state index is 0. The number of halogens is 1. The molecule has 0 N–H and O–H groups in total. The molecule has 0 saturated carbocycles. The summed E-state index contributed by atoms with van der Waals surface area (Å²) in [6, 6.07) is 16.1. The van der Waals surface area contributed by atoms with Crippen LogP contribution >= 0.6 is 0 Å². The minimum Gasteiger partial charge on any atom is -1.00 e. The van der Waals surface area contributed by atoms with Crippen LogP contribution in [0.3, 0.4) is 0 Å². The van der Waals surface area contributed by atoms with Crippen molar-refractivity contribution in [3.8, 4) is 22.8 Å². The van der Waals surface area contributed by atoms with Gasteiger partial charge in [-0.15, -0.1) is 0 Å². The van der Waals surface area contributed by atoms with Crippen LogP contribution in [0.15, 0.2) is 73.3 Å². The quantitative estimate of drug-likeness (QED) is 0.388. The summed E-state index contributed by atoms with van der Waals surface area (Å²) < 4.78 is 0. The molecule has 0 fully saturated rings. The number of hydrogen-bond donors (Lipinski definition) is 0. The van der Waals surface area contributed by atoms with Crippen LogP contribution in [-0.4, -0.2) is 19.9 Å². The van der Waals surface area contributed by atoms with E-state index in [0.717, 1.165) is 22.8 Å². The first-order valence-electron chi connectivity index (χ1n) is 9.22. The first-order valence-corrected chi connectivity index (χ1v) is 9.22. The Balaban J connectivity index is 0.000000281. The summed E-state index contributed by atoms with van der Waals surface area (Å²) in [5.74, 6) is 0. The molecule has 4 nitrogen and oxygen atoms in total. The molecule has 0 saturated heterocycles. The summed E-state index contributed by atoms with van der Waals surface area (Å²) in [4.78, 5) is 17.2. The van der Waals surface area contributed by atoms with Crippen LogP contribution < -0.4 is 17.0 Å². The van der Waals surface area contributed by atoms with Crippen LogP contribution in [0.4, 0.5) is 0 Å². The van der Waals surface area contributed by atoms with E-state index in [4.69, 9.17) is 0 Å². The molecule has 0 unspecified atom stereocenters. The van der Waals surface area contributed by atoms with Crippen LogP contribution in [0.2, 0.25) is 0 Å². The van der Waals surface area contributed by atoms with Crippen molar-refractivity contribution in [2.75, 3.05) is 0 Å². The average Bonchev–Trinajstić information content (AvgIpc) is 2.69. The predicted molar refractivity (Wildman–Crippen MR) is 114 cm³/mol. The van der Waals surface area contributed by atoms with Crippen molar-refractivity contribution >= 4 is 0 Å². The zero-order valence-corrected chi connectivity index (χ0v) is 19.9. The van der Waals surface area contributed by atoms with Crippen LogP contribution in [0, 0.1) is 27.7 Å². The standard InChI is InChI=1S/2C12H12N2.BrH.Cu/c2*1-9-3-5-13-11(7-9)12-8-10(2)4-6-14-12;;/h2*3-8H,1-2H3;1H;/q;;;+1/p-1. The van der Waals surface area contributed by atoms with E-state index in [9.17, 15) is 0 Å². The zero-order valence-electron chi connectivity index (χ0n) is 17.4. The molecule has 0 spiro atoms. The average molecular weight is 512 g/mol. The van der Waals surface area contributed by atoms with Crippen molar-refractivity contribution in [2.45, 2.75) is 27.7 Å². The van der Waals surface area contributed by atoms with E-state index in [1.165, 1.54) is 22.3 Å². The molecular formula is C24H24BrCuN4. The van der Waals surface area contributed by atoms with Gasteiger partial charge >= 0.3 is 17.1 Å². The van der Waals surface area contributed by atoms with Crippen molar-refractivity contribution in [3.05, 3.63) is 95.6 Å². The minimum absolute atomic E-state index is 0. The van der Waals surface area contributed by atoms with E-state index in [1.54, 1.807) is 0 Å². The number of hydrogen-bond acceptors (Lipinski definition) is 4. The largest absolute Gasteiger partial charge is 1.00 e. The predicted octanol–water partition coefficient (Wildman–Crippen LogP) is 2.52. The molecule has 0 aliphatic carbocycles. The molecule has 0 radical (unpaired) electrons. The van der Waals surface area contributed by atoms with Gasteiger partial charge in [0.25, 0.3) is 0 Å². The molecule has 4 aromatic rings. The Labute approximate surface area is 199 Å². The van der Waals surface area contributed by atoms with Gasteiger partial charge in [-0.25, -0.2) is 0 Å². The van der Waals surface area contributed by atoms with Crippen molar-refractivity contribution in [1.82, 2.24) is 19.9 Å². The van der Waals surface area contributed by atoms with Crippen molar-refractivity contribution in [3.63, 3.8) is 0 Å². The number of aryl methyl sites for hydroxylation is 4. The second-order valence-corrected chi connectivity index (χ2v) is 6.87. The van der Waals surface area contributed by atoms with E-state index < -0.39 is 0 Å². The van der Waals surface area contributed by atoms with Gasteiger partial charge in [0.1, 0.15) is 0 Å². The van der Waals surface area contributed by atoms with Gasteiger partial charge in [-0.2, -0.15) is 0 Å². The molecule has 4 aromatic heterocycles. The second kappa shape index (κ2) is 12.3. The SMILES string of the molecule is Cc1ccnc(-c2cc(C)ccn2)c1.Cc1ccnc(-c2cc(C)ccn2)c1.[Br-].[Cu+]. The van der Waals surface area contributed by atoms with Gasteiger partial charge in [0, 0.05) is 24.8 Å². The molecule has 6 heteroatoms. The zero-order chi connectivity index (χ0) is 19.9. The summed E-state index contributed by atoms with van der Waals surface area (Å²) in [5, 5.41) is 0. The summed E-state index contributed by atoms with van der Waals surface area (Å²) in [7, 11) is 0. The third-order valence-electron chi connectivity index (χ3n) is 4.19. The van der Waals surface area contributed by atoms with Crippen LogP contribution in [0.25, 0.3) is 22.8 Å². The fourth-order valence-corrected chi connectivity index (χ4v) is 2.70. The topological polar surface area (TPSA) is 51.6 Å². The van der Waals surface area contributed by atoms with Crippen molar-refractivity contribution < 1.29 is 34.1 Å². The van der Waals surface area contributed by atoms with E-state index in [2.05, 4.69) is 47.6 Å². The van der Waals surface area contributed by atoms with Crippen molar-refractivity contribution in [1.29, 1.82) is 0 Å². The van der Waals surface area contributed by atoms with Gasteiger partial charge in [-0.1, -0.05) is 0 Å². The molecule has 0 bridgehead atoms. The molecule has 0 aromatic carbocycles. The van der Waals surface area contributed by atoms with Gasteiger partial charge in [0.15, 0.2) is 0 Å². The van der Waals surface area contributed by atoms with Crippen LogP contribution in [0.1, 0.15) is 22.3 Å². The smallest absolute Gasteiger partial charge is 1.00 e. The molecule has 4 rings (SSSR count). The molecule has 30 heavy (non-hydrogen) atoms. The Morgan fingerprint density at radius 2 is 0.633 bits per heavy atom. The number of nitrogens with zero attached hydrogens (tertiary/aromatic N) is 4. The van der Waals surface area contributed by atoms with Gasteiger partial charge in [0.05, 0.1) is 22.8 Å². The Morgan fingerprint density at radius 1 is 0.433 bits per heavy atom. The summed E-state index contributed by atoms with van der Waals surface area (Å²) >= 11 is 0. The molecule has 0 amide bonds. The van der Waals surface area contributed by atoms with E-state index in [-0.39, 0.29) is 34.1 Å². The van der Waals surface area contributed by atoms with Gasteiger partial charge in [-0.05, 0) is 98.5 Å². The second-order valence-electron chi connectivity index (χ2n) is 6.87. The molecule has 158 valence electrons. The third kappa shape index (κ3) is 7.45. The molecule has 0 aliphatic heterocycles. The first-order chi connectivity index (χ1) is 13.5. The van der Waals surface area contributed by atoms with E-state index in [1.807, 2.05) is 73.3 Å². The third-order valence-corrected chi connectivity index (χ3v) is 4.19. The maximum absolute atomic E-state index is 4.29. The first kappa shape index (κ1) is 25.6. The van der Waals surface area contributed by atoms with Crippen LogP contribution in [0.5, 0.6) is 0 Å². The molecule has 0 aliphatic rings. The number of rotatable bonds is 2.